The summed E-state index contributed by atoms with van der Waals surface area (Å²) in [7, 11) is 3.39. The van der Waals surface area contributed by atoms with Crippen LogP contribution in [0, 0.1) is 0 Å². The Morgan fingerprint density at radius 1 is 1.58 bits per heavy atom. The quantitative estimate of drug-likeness (QED) is 0.712. The highest BCUT2D eigenvalue weighted by atomic mass is 16.5. The number of rotatable bonds is 6. The van der Waals surface area contributed by atoms with Gasteiger partial charge in [0.25, 0.3) is 0 Å². The van der Waals surface area contributed by atoms with Crippen molar-refractivity contribution >= 4 is 5.91 Å². The average Bonchev–Trinajstić information content (AvgIpc) is 3.00. The summed E-state index contributed by atoms with van der Waals surface area (Å²) in [5, 5.41) is 17.5. The Kier molecular flexibility index (Phi) is 4.18. The van der Waals surface area contributed by atoms with E-state index < -0.39 is 0 Å². The lowest BCUT2D eigenvalue weighted by molar-refractivity contribution is -0.123. The molecule has 102 valence electrons. The molecular formula is C10H15N7O2. The highest BCUT2D eigenvalue weighted by Crippen LogP contribution is 2.11. The van der Waals surface area contributed by atoms with E-state index in [0.717, 1.165) is 5.69 Å². The van der Waals surface area contributed by atoms with Crippen LogP contribution in [0.2, 0.25) is 0 Å². The van der Waals surface area contributed by atoms with Crippen LogP contribution in [-0.2, 0) is 23.1 Å². The summed E-state index contributed by atoms with van der Waals surface area (Å²) >= 11 is 0. The Balaban J connectivity index is 2.01. The van der Waals surface area contributed by atoms with Gasteiger partial charge in [-0.05, 0) is 16.5 Å². The zero-order chi connectivity index (χ0) is 13.7. The number of nitrogens with zero attached hydrogens (tertiary/aromatic N) is 6. The number of nitrogens with one attached hydrogen (secondary N) is 1. The fourth-order valence-electron chi connectivity index (χ4n) is 1.73. The average molecular weight is 265 g/mol. The number of aromatic nitrogens is 6. The molecule has 9 nitrogen and oxygen atoms in total. The first kappa shape index (κ1) is 13.1. The van der Waals surface area contributed by atoms with Crippen molar-refractivity contribution in [3.63, 3.8) is 0 Å². The fourth-order valence-corrected chi connectivity index (χ4v) is 1.73. The molecule has 1 atom stereocenters. The molecule has 2 rings (SSSR count). The van der Waals surface area contributed by atoms with Crippen LogP contribution in [0.1, 0.15) is 11.7 Å². The number of ether oxygens (including phenoxy) is 1. The van der Waals surface area contributed by atoms with E-state index in [4.69, 9.17) is 4.74 Å². The molecule has 19 heavy (non-hydrogen) atoms. The molecule has 0 spiro atoms. The van der Waals surface area contributed by atoms with Gasteiger partial charge in [-0.2, -0.15) is 5.10 Å². The van der Waals surface area contributed by atoms with Gasteiger partial charge in [-0.25, -0.2) is 4.68 Å². The highest BCUT2D eigenvalue weighted by molar-refractivity contribution is 5.76. The third kappa shape index (κ3) is 3.35. The molecule has 1 N–H and O–H groups in total. The molecule has 2 aromatic heterocycles. The van der Waals surface area contributed by atoms with Gasteiger partial charge in [0.05, 0.1) is 18.3 Å². The lowest BCUT2D eigenvalue weighted by Gasteiger charge is -2.18. The number of hydrogen-bond donors (Lipinski definition) is 1. The van der Waals surface area contributed by atoms with Crippen LogP contribution in [0.5, 0.6) is 0 Å². The zero-order valence-corrected chi connectivity index (χ0v) is 10.7. The van der Waals surface area contributed by atoms with Crippen molar-refractivity contribution in [3.8, 4) is 0 Å². The SMILES string of the molecule is COC[C@@H](NC(=O)Cn1cnnn1)c1ccnn1C. The van der Waals surface area contributed by atoms with Crippen LogP contribution in [-0.4, -0.2) is 49.6 Å². The molecule has 2 heterocycles. The molecule has 1 amide bonds. The van der Waals surface area contributed by atoms with Crippen molar-refractivity contribution in [2.75, 3.05) is 13.7 Å². The second-order valence-corrected chi connectivity index (χ2v) is 3.96. The summed E-state index contributed by atoms with van der Waals surface area (Å²) in [5.74, 6) is -0.199. The first-order valence-corrected chi connectivity index (χ1v) is 5.67. The summed E-state index contributed by atoms with van der Waals surface area (Å²) in [5.41, 5.74) is 0.868. The molecule has 0 unspecified atom stereocenters. The summed E-state index contributed by atoms with van der Waals surface area (Å²) in [4.78, 5) is 11.9. The Morgan fingerprint density at radius 2 is 2.42 bits per heavy atom. The first-order valence-electron chi connectivity index (χ1n) is 5.67. The summed E-state index contributed by atoms with van der Waals surface area (Å²) in [6.45, 7) is 0.423. The van der Waals surface area contributed by atoms with Gasteiger partial charge in [-0.3, -0.25) is 9.48 Å². The third-order valence-corrected chi connectivity index (χ3v) is 2.58. The monoisotopic (exact) mass is 265 g/mol. The second kappa shape index (κ2) is 6.05. The highest BCUT2D eigenvalue weighted by Gasteiger charge is 2.17. The Morgan fingerprint density at radius 3 is 3.00 bits per heavy atom. The van der Waals surface area contributed by atoms with Gasteiger partial charge in [-0.1, -0.05) is 0 Å². The van der Waals surface area contributed by atoms with E-state index in [2.05, 4.69) is 25.9 Å². The molecule has 2 aromatic rings. The van der Waals surface area contributed by atoms with Gasteiger partial charge >= 0.3 is 0 Å². The van der Waals surface area contributed by atoms with E-state index in [0.29, 0.717) is 6.61 Å². The smallest absolute Gasteiger partial charge is 0.242 e. The molecule has 0 aliphatic carbocycles. The van der Waals surface area contributed by atoms with Crippen LogP contribution < -0.4 is 5.32 Å². The molecule has 0 saturated carbocycles. The van der Waals surface area contributed by atoms with Gasteiger partial charge in [0.15, 0.2) is 0 Å². The van der Waals surface area contributed by atoms with Crippen molar-refractivity contribution in [2.45, 2.75) is 12.6 Å². The number of aryl methyl sites for hydroxylation is 1. The van der Waals surface area contributed by atoms with Crippen molar-refractivity contribution in [2.24, 2.45) is 7.05 Å². The van der Waals surface area contributed by atoms with Gasteiger partial charge < -0.3 is 10.1 Å². The number of hydrogen-bond acceptors (Lipinski definition) is 6. The van der Waals surface area contributed by atoms with Crippen molar-refractivity contribution < 1.29 is 9.53 Å². The van der Waals surface area contributed by atoms with Crippen LogP contribution in [0.15, 0.2) is 18.6 Å². The molecule has 0 saturated heterocycles. The largest absolute Gasteiger partial charge is 0.382 e. The van der Waals surface area contributed by atoms with Crippen molar-refractivity contribution in [1.82, 2.24) is 35.3 Å². The standard InChI is InChI=1S/C10H15N7O2/c1-16-9(3-4-12-16)8(6-19-2)13-10(18)5-17-7-11-14-15-17/h3-4,7-8H,5-6H2,1-2H3,(H,13,18)/t8-/m1/s1. The van der Waals surface area contributed by atoms with E-state index in [1.54, 1.807) is 18.0 Å². The number of methoxy groups -OCH3 is 1. The molecular weight excluding hydrogens is 250 g/mol. The fraction of sp³-hybridized carbons (Fsp3) is 0.500. The van der Waals surface area contributed by atoms with E-state index in [-0.39, 0.29) is 18.5 Å². The topological polar surface area (TPSA) is 99.8 Å². The maximum atomic E-state index is 11.9. The lowest BCUT2D eigenvalue weighted by atomic mass is 10.2. The van der Waals surface area contributed by atoms with Crippen LogP contribution in [0.25, 0.3) is 0 Å². The third-order valence-electron chi connectivity index (χ3n) is 2.58. The number of carbonyl (C=O) groups excluding carboxylic acids is 1. The normalized spacial score (nSPS) is 12.3. The van der Waals surface area contributed by atoms with Gasteiger partial charge in [0.1, 0.15) is 12.9 Å². The Bertz CT molecular complexity index is 522. The van der Waals surface area contributed by atoms with Crippen LogP contribution in [0.3, 0.4) is 0 Å². The van der Waals surface area contributed by atoms with E-state index in [1.807, 2.05) is 13.1 Å². The van der Waals surface area contributed by atoms with Gasteiger partial charge in [-0.15, -0.1) is 5.10 Å². The maximum Gasteiger partial charge on any atom is 0.242 e. The second-order valence-electron chi connectivity index (χ2n) is 3.96. The lowest BCUT2D eigenvalue weighted by Crippen LogP contribution is -2.35. The number of amides is 1. The minimum Gasteiger partial charge on any atom is -0.382 e. The van der Waals surface area contributed by atoms with E-state index >= 15 is 0 Å². The first-order chi connectivity index (χ1) is 9.20. The predicted octanol–water partition coefficient (Wildman–Crippen LogP) is -1.09. The molecule has 0 fully saturated rings. The minimum absolute atomic E-state index is 0.0606. The Hall–Kier alpha value is -2.29. The van der Waals surface area contributed by atoms with E-state index in [9.17, 15) is 4.79 Å². The predicted molar refractivity (Wildman–Crippen MR) is 63.8 cm³/mol. The summed E-state index contributed by atoms with van der Waals surface area (Å²) in [6.07, 6.45) is 3.06. The maximum absolute atomic E-state index is 11.9. The molecule has 0 aliphatic heterocycles. The van der Waals surface area contributed by atoms with Crippen LogP contribution >= 0.6 is 0 Å². The molecule has 0 aromatic carbocycles. The van der Waals surface area contributed by atoms with Gasteiger partial charge in [0, 0.05) is 20.4 Å². The summed E-state index contributed by atoms with van der Waals surface area (Å²) < 4.78 is 8.16. The molecule has 0 aliphatic rings. The Labute approximate surface area is 109 Å². The number of carbonyl (C=O) groups is 1. The minimum atomic E-state index is -0.263. The summed E-state index contributed by atoms with van der Waals surface area (Å²) in [6, 6.07) is 1.57. The van der Waals surface area contributed by atoms with E-state index in [1.165, 1.54) is 11.0 Å². The van der Waals surface area contributed by atoms with Crippen molar-refractivity contribution in [1.29, 1.82) is 0 Å². The van der Waals surface area contributed by atoms with Crippen LogP contribution in [0.4, 0.5) is 0 Å². The molecule has 0 radical (unpaired) electrons. The van der Waals surface area contributed by atoms with Gasteiger partial charge in [0.2, 0.25) is 5.91 Å². The molecule has 9 heteroatoms. The number of tetrazole rings is 1. The van der Waals surface area contributed by atoms with Crippen molar-refractivity contribution in [3.05, 3.63) is 24.3 Å². The zero-order valence-electron chi connectivity index (χ0n) is 10.7. The molecule has 0 bridgehead atoms.